The Hall–Kier alpha value is -3.30. The van der Waals surface area contributed by atoms with Crippen molar-refractivity contribution >= 4 is 23.0 Å². The van der Waals surface area contributed by atoms with Crippen molar-refractivity contribution in [2.75, 3.05) is 12.3 Å². The summed E-state index contributed by atoms with van der Waals surface area (Å²) in [5.41, 5.74) is 7.14. The average molecular weight is 328 g/mol. The SMILES string of the molecule is Cc1cncc(CCNC(=O)Cn2cnc3c(=O)[nH]c(N)nc32)n1. The van der Waals surface area contributed by atoms with Crippen LogP contribution < -0.4 is 16.6 Å². The van der Waals surface area contributed by atoms with Crippen molar-refractivity contribution in [3.05, 3.63) is 40.5 Å². The summed E-state index contributed by atoms with van der Waals surface area (Å²) >= 11 is 0. The molecule has 4 N–H and O–H groups in total. The molecule has 3 heterocycles. The van der Waals surface area contributed by atoms with E-state index in [1.807, 2.05) is 6.92 Å². The summed E-state index contributed by atoms with van der Waals surface area (Å²) in [6.45, 7) is 2.28. The molecule has 0 bridgehead atoms. The maximum atomic E-state index is 12.0. The summed E-state index contributed by atoms with van der Waals surface area (Å²) in [5, 5.41) is 2.78. The molecule has 0 unspecified atom stereocenters. The van der Waals surface area contributed by atoms with Crippen molar-refractivity contribution in [3.8, 4) is 0 Å². The summed E-state index contributed by atoms with van der Waals surface area (Å²) in [5.74, 6) is -0.247. The third-order valence-corrected chi connectivity index (χ3v) is 3.32. The van der Waals surface area contributed by atoms with Crippen molar-refractivity contribution in [2.24, 2.45) is 0 Å². The Balaban J connectivity index is 1.62. The van der Waals surface area contributed by atoms with E-state index >= 15 is 0 Å². The minimum atomic E-state index is -0.435. The van der Waals surface area contributed by atoms with E-state index in [0.29, 0.717) is 13.0 Å². The van der Waals surface area contributed by atoms with Crippen LogP contribution in [0.15, 0.2) is 23.5 Å². The Bertz CT molecular complexity index is 945. The van der Waals surface area contributed by atoms with E-state index in [0.717, 1.165) is 11.4 Å². The highest BCUT2D eigenvalue weighted by atomic mass is 16.2. The van der Waals surface area contributed by atoms with E-state index in [1.54, 1.807) is 12.4 Å². The Morgan fingerprint density at radius 1 is 1.38 bits per heavy atom. The van der Waals surface area contributed by atoms with Gasteiger partial charge in [0, 0.05) is 25.4 Å². The van der Waals surface area contributed by atoms with Gasteiger partial charge in [-0.05, 0) is 6.92 Å². The molecule has 0 aliphatic carbocycles. The molecule has 124 valence electrons. The minimum Gasteiger partial charge on any atom is -0.369 e. The molecular weight excluding hydrogens is 312 g/mol. The number of nitrogens with zero attached hydrogens (tertiary/aromatic N) is 5. The maximum Gasteiger partial charge on any atom is 0.280 e. The van der Waals surface area contributed by atoms with Crippen LogP contribution in [-0.2, 0) is 17.8 Å². The number of hydrogen-bond donors (Lipinski definition) is 3. The van der Waals surface area contributed by atoms with Crippen LogP contribution in [0.4, 0.5) is 5.95 Å². The van der Waals surface area contributed by atoms with Crippen LogP contribution in [0.5, 0.6) is 0 Å². The summed E-state index contributed by atoms with van der Waals surface area (Å²) in [7, 11) is 0. The molecule has 0 fully saturated rings. The highest BCUT2D eigenvalue weighted by Crippen LogP contribution is 2.05. The fourth-order valence-electron chi connectivity index (χ4n) is 2.26. The first kappa shape index (κ1) is 15.6. The van der Waals surface area contributed by atoms with Crippen molar-refractivity contribution < 1.29 is 4.79 Å². The van der Waals surface area contributed by atoms with E-state index in [1.165, 1.54) is 10.9 Å². The molecule has 0 aromatic carbocycles. The molecule has 3 rings (SSSR count). The smallest absolute Gasteiger partial charge is 0.280 e. The molecule has 3 aromatic rings. The standard InChI is InChI=1S/C14H16N8O2/c1-8-4-16-5-9(19-8)2-3-17-10(23)6-22-7-18-11-12(22)20-14(15)21-13(11)24/h4-5,7H,2-3,6H2,1H3,(H,17,23)(H3,15,20,21,24). The molecule has 0 saturated carbocycles. The van der Waals surface area contributed by atoms with Gasteiger partial charge in [-0.1, -0.05) is 0 Å². The van der Waals surface area contributed by atoms with Gasteiger partial charge in [0.05, 0.1) is 17.7 Å². The van der Waals surface area contributed by atoms with E-state index in [4.69, 9.17) is 5.73 Å². The number of amides is 1. The zero-order valence-corrected chi connectivity index (χ0v) is 13.0. The Morgan fingerprint density at radius 2 is 2.21 bits per heavy atom. The van der Waals surface area contributed by atoms with E-state index in [2.05, 4.69) is 30.2 Å². The van der Waals surface area contributed by atoms with Crippen LogP contribution in [0.3, 0.4) is 0 Å². The Kier molecular flexibility index (Phi) is 4.18. The van der Waals surface area contributed by atoms with Crippen molar-refractivity contribution in [1.82, 2.24) is 34.8 Å². The number of hydrogen-bond acceptors (Lipinski definition) is 7. The fourth-order valence-corrected chi connectivity index (χ4v) is 2.26. The third-order valence-electron chi connectivity index (χ3n) is 3.32. The molecule has 10 heteroatoms. The van der Waals surface area contributed by atoms with Crippen LogP contribution in [0.2, 0.25) is 0 Å². The normalized spacial score (nSPS) is 10.9. The van der Waals surface area contributed by atoms with Crippen molar-refractivity contribution in [1.29, 1.82) is 0 Å². The van der Waals surface area contributed by atoms with Gasteiger partial charge in [-0.15, -0.1) is 0 Å². The summed E-state index contributed by atoms with van der Waals surface area (Å²) in [6, 6.07) is 0. The molecule has 1 amide bonds. The second-order valence-electron chi connectivity index (χ2n) is 5.25. The molecule has 0 spiro atoms. The van der Waals surface area contributed by atoms with Crippen LogP contribution in [0, 0.1) is 6.92 Å². The summed E-state index contributed by atoms with van der Waals surface area (Å²) < 4.78 is 1.47. The number of aromatic nitrogens is 6. The lowest BCUT2D eigenvalue weighted by atomic mass is 10.3. The molecule has 0 radical (unpaired) electrons. The largest absolute Gasteiger partial charge is 0.369 e. The number of carbonyl (C=O) groups is 1. The molecule has 0 saturated heterocycles. The quantitative estimate of drug-likeness (QED) is 0.553. The second-order valence-corrected chi connectivity index (χ2v) is 5.25. The number of aryl methyl sites for hydroxylation is 1. The van der Waals surface area contributed by atoms with E-state index in [-0.39, 0.29) is 29.6 Å². The fraction of sp³-hybridized carbons (Fsp3) is 0.286. The van der Waals surface area contributed by atoms with Crippen LogP contribution in [-0.4, -0.2) is 41.9 Å². The highest BCUT2D eigenvalue weighted by molar-refractivity contribution is 5.78. The Morgan fingerprint density at radius 3 is 3.00 bits per heavy atom. The summed E-state index contributed by atoms with van der Waals surface area (Å²) in [4.78, 5) is 42.4. The number of aromatic amines is 1. The number of imidazole rings is 1. The second kappa shape index (κ2) is 6.44. The minimum absolute atomic E-state index is 0.00805. The maximum absolute atomic E-state index is 12.0. The van der Waals surface area contributed by atoms with Gasteiger partial charge in [-0.3, -0.25) is 24.5 Å². The molecular formula is C14H16N8O2. The number of nitrogen functional groups attached to an aromatic ring is 1. The van der Waals surface area contributed by atoms with E-state index in [9.17, 15) is 9.59 Å². The van der Waals surface area contributed by atoms with Crippen LogP contribution in [0.1, 0.15) is 11.4 Å². The highest BCUT2D eigenvalue weighted by Gasteiger charge is 2.11. The average Bonchev–Trinajstić information content (AvgIpc) is 2.90. The van der Waals surface area contributed by atoms with Crippen LogP contribution >= 0.6 is 0 Å². The third kappa shape index (κ3) is 3.37. The number of rotatable bonds is 5. The lowest BCUT2D eigenvalue weighted by molar-refractivity contribution is -0.121. The van der Waals surface area contributed by atoms with Gasteiger partial charge >= 0.3 is 0 Å². The summed E-state index contributed by atoms with van der Waals surface area (Å²) in [6.07, 6.45) is 5.31. The number of H-pyrrole nitrogens is 1. The van der Waals surface area contributed by atoms with Gasteiger partial charge in [0.15, 0.2) is 11.2 Å². The van der Waals surface area contributed by atoms with Gasteiger partial charge in [0.25, 0.3) is 5.56 Å². The zero-order chi connectivity index (χ0) is 17.1. The monoisotopic (exact) mass is 328 g/mol. The predicted molar refractivity (Wildman–Crippen MR) is 86.0 cm³/mol. The van der Waals surface area contributed by atoms with Gasteiger partial charge in [-0.25, -0.2) is 4.98 Å². The van der Waals surface area contributed by atoms with Crippen LogP contribution in [0.25, 0.3) is 11.2 Å². The predicted octanol–water partition coefficient (Wildman–Crippen LogP) is -0.841. The van der Waals surface area contributed by atoms with Crippen molar-refractivity contribution in [2.45, 2.75) is 19.9 Å². The number of anilines is 1. The molecule has 3 aromatic heterocycles. The van der Waals surface area contributed by atoms with Gasteiger partial charge in [0.1, 0.15) is 6.54 Å². The molecule has 0 aliphatic rings. The topological polar surface area (TPSA) is 144 Å². The van der Waals surface area contributed by atoms with Gasteiger partial charge in [-0.2, -0.15) is 4.98 Å². The first-order valence-electron chi connectivity index (χ1n) is 7.28. The molecule has 0 aliphatic heterocycles. The Labute approximate surface area is 136 Å². The lowest BCUT2D eigenvalue weighted by Gasteiger charge is -2.06. The molecule has 24 heavy (non-hydrogen) atoms. The molecule has 0 atom stereocenters. The van der Waals surface area contributed by atoms with Crippen molar-refractivity contribution in [3.63, 3.8) is 0 Å². The van der Waals surface area contributed by atoms with Gasteiger partial charge in [0.2, 0.25) is 11.9 Å². The number of fused-ring (bicyclic) bond motifs is 1. The first-order chi connectivity index (χ1) is 11.5. The van der Waals surface area contributed by atoms with Gasteiger partial charge < -0.3 is 15.6 Å². The number of nitrogens with one attached hydrogen (secondary N) is 2. The number of carbonyl (C=O) groups excluding carboxylic acids is 1. The first-order valence-corrected chi connectivity index (χ1v) is 7.28. The van der Waals surface area contributed by atoms with E-state index < -0.39 is 5.56 Å². The lowest BCUT2D eigenvalue weighted by Crippen LogP contribution is -2.29. The zero-order valence-electron chi connectivity index (χ0n) is 13.0. The number of nitrogens with two attached hydrogens (primary N) is 1. The molecule has 10 nitrogen and oxygen atoms in total.